The topological polar surface area (TPSA) is 81.0 Å². The Morgan fingerprint density at radius 3 is 2.67 bits per heavy atom. The van der Waals surface area contributed by atoms with Gasteiger partial charge in [0.2, 0.25) is 5.82 Å². The van der Waals surface area contributed by atoms with Crippen LogP contribution in [-0.4, -0.2) is 21.4 Å². The van der Waals surface area contributed by atoms with Gasteiger partial charge in [0.15, 0.2) is 0 Å². The van der Waals surface area contributed by atoms with Crippen molar-refractivity contribution in [3.63, 3.8) is 0 Å². The van der Waals surface area contributed by atoms with Crippen molar-refractivity contribution in [1.29, 1.82) is 0 Å². The molecule has 0 unspecified atom stereocenters. The second-order valence-electron chi connectivity index (χ2n) is 3.62. The Kier molecular flexibility index (Phi) is 3.47. The molecule has 0 atom stereocenters. The van der Waals surface area contributed by atoms with Crippen molar-refractivity contribution in [2.24, 2.45) is 0 Å². The van der Waals surface area contributed by atoms with E-state index < -0.39 is 4.92 Å². The van der Waals surface area contributed by atoms with E-state index in [-0.39, 0.29) is 5.69 Å². The number of aromatic nitrogens is 2. The highest BCUT2D eigenvalue weighted by molar-refractivity contribution is 5.69. The van der Waals surface area contributed by atoms with Crippen LogP contribution in [0, 0.1) is 10.1 Å². The van der Waals surface area contributed by atoms with Crippen molar-refractivity contribution in [3.05, 3.63) is 46.9 Å². The van der Waals surface area contributed by atoms with Crippen molar-refractivity contribution >= 4 is 11.5 Å². The zero-order valence-corrected chi connectivity index (χ0v) is 9.83. The minimum atomic E-state index is -0.435. The molecule has 2 aromatic heterocycles. The van der Waals surface area contributed by atoms with Gasteiger partial charge in [0.05, 0.1) is 4.92 Å². The van der Waals surface area contributed by atoms with Crippen LogP contribution in [0.2, 0.25) is 0 Å². The molecule has 1 N–H and O–H groups in total. The molecular weight excluding hydrogens is 232 g/mol. The quantitative estimate of drug-likeness (QED) is 0.660. The number of pyridine rings is 2. The summed E-state index contributed by atoms with van der Waals surface area (Å²) in [6.07, 6.45) is 4.89. The van der Waals surface area contributed by atoms with Crippen LogP contribution >= 0.6 is 0 Å². The Bertz CT molecular complexity index is 557. The van der Waals surface area contributed by atoms with E-state index in [1.54, 1.807) is 30.7 Å². The Morgan fingerprint density at radius 2 is 2.06 bits per heavy atom. The van der Waals surface area contributed by atoms with Gasteiger partial charge in [-0.05, 0) is 24.6 Å². The van der Waals surface area contributed by atoms with E-state index in [4.69, 9.17) is 0 Å². The average molecular weight is 244 g/mol. The molecule has 18 heavy (non-hydrogen) atoms. The van der Waals surface area contributed by atoms with E-state index >= 15 is 0 Å². The van der Waals surface area contributed by atoms with E-state index in [0.29, 0.717) is 17.9 Å². The SMILES string of the molecule is CCNc1ncc(-c2ccncc2)cc1[N+](=O)[O-]. The first-order valence-corrected chi connectivity index (χ1v) is 5.51. The summed E-state index contributed by atoms with van der Waals surface area (Å²) in [6.45, 7) is 2.45. The van der Waals surface area contributed by atoms with Crippen LogP contribution in [0.1, 0.15) is 6.92 Å². The fourth-order valence-corrected chi connectivity index (χ4v) is 1.60. The molecule has 0 bridgehead atoms. The van der Waals surface area contributed by atoms with Gasteiger partial charge in [-0.3, -0.25) is 15.1 Å². The summed E-state index contributed by atoms with van der Waals surface area (Å²) in [7, 11) is 0. The predicted molar refractivity (Wildman–Crippen MR) is 68.3 cm³/mol. The van der Waals surface area contributed by atoms with Crippen LogP contribution in [0.25, 0.3) is 11.1 Å². The number of nitrogens with one attached hydrogen (secondary N) is 1. The normalized spacial score (nSPS) is 10.1. The van der Waals surface area contributed by atoms with Crippen molar-refractivity contribution in [2.75, 3.05) is 11.9 Å². The lowest BCUT2D eigenvalue weighted by Gasteiger charge is -2.05. The molecule has 0 aromatic carbocycles. The first-order chi connectivity index (χ1) is 8.72. The largest absolute Gasteiger partial charge is 0.365 e. The Hall–Kier alpha value is -2.50. The second-order valence-corrected chi connectivity index (χ2v) is 3.62. The Morgan fingerprint density at radius 1 is 1.33 bits per heavy atom. The van der Waals surface area contributed by atoms with Gasteiger partial charge in [-0.2, -0.15) is 0 Å². The zero-order chi connectivity index (χ0) is 13.0. The van der Waals surface area contributed by atoms with Crippen LogP contribution in [-0.2, 0) is 0 Å². The van der Waals surface area contributed by atoms with Gasteiger partial charge in [0.1, 0.15) is 0 Å². The Labute approximate surface area is 104 Å². The maximum atomic E-state index is 11.0. The minimum absolute atomic E-state index is 0.0221. The van der Waals surface area contributed by atoms with Gasteiger partial charge in [-0.15, -0.1) is 0 Å². The first kappa shape index (κ1) is 12.0. The van der Waals surface area contributed by atoms with Crippen molar-refractivity contribution in [3.8, 4) is 11.1 Å². The summed E-state index contributed by atoms with van der Waals surface area (Å²) in [6, 6.07) is 5.08. The maximum absolute atomic E-state index is 11.0. The van der Waals surface area contributed by atoms with Gasteiger partial charge in [-0.25, -0.2) is 4.98 Å². The van der Waals surface area contributed by atoms with Crippen LogP contribution in [0.4, 0.5) is 11.5 Å². The summed E-state index contributed by atoms with van der Waals surface area (Å²) in [5, 5.41) is 13.9. The molecule has 2 aromatic rings. The first-order valence-electron chi connectivity index (χ1n) is 5.51. The van der Waals surface area contributed by atoms with Crippen LogP contribution in [0.15, 0.2) is 36.8 Å². The van der Waals surface area contributed by atoms with Crippen molar-refractivity contribution in [1.82, 2.24) is 9.97 Å². The van der Waals surface area contributed by atoms with Gasteiger partial charge < -0.3 is 5.32 Å². The van der Waals surface area contributed by atoms with Crippen molar-refractivity contribution < 1.29 is 4.92 Å². The summed E-state index contributed by atoms with van der Waals surface area (Å²) in [4.78, 5) is 18.6. The van der Waals surface area contributed by atoms with Gasteiger partial charge in [-0.1, -0.05) is 0 Å². The standard InChI is InChI=1S/C12H12N4O2/c1-2-14-12-11(16(17)18)7-10(8-15-12)9-3-5-13-6-4-9/h3-8H,2H2,1H3,(H,14,15). The number of hydrogen-bond donors (Lipinski definition) is 1. The molecule has 92 valence electrons. The molecule has 6 nitrogen and oxygen atoms in total. The molecule has 0 saturated carbocycles. The number of nitrogens with zero attached hydrogens (tertiary/aromatic N) is 3. The molecular formula is C12H12N4O2. The zero-order valence-electron chi connectivity index (χ0n) is 9.83. The molecule has 0 aliphatic rings. The highest BCUT2D eigenvalue weighted by atomic mass is 16.6. The molecule has 0 amide bonds. The fourth-order valence-electron chi connectivity index (χ4n) is 1.60. The average Bonchev–Trinajstić information content (AvgIpc) is 2.40. The number of rotatable bonds is 4. The summed E-state index contributed by atoms with van der Waals surface area (Å²) >= 11 is 0. The number of nitro groups is 1. The third kappa shape index (κ3) is 2.42. The highest BCUT2D eigenvalue weighted by Crippen LogP contribution is 2.27. The molecule has 2 rings (SSSR count). The molecule has 0 radical (unpaired) electrons. The molecule has 0 saturated heterocycles. The Balaban J connectivity index is 2.46. The van der Waals surface area contributed by atoms with Gasteiger partial charge >= 0.3 is 5.69 Å². The fraction of sp³-hybridized carbons (Fsp3) is 0.167. The van der Waals surface area contributed by atoms with Crippen LogP contribution < -0.4 is 5.32 Å². The summed E-state index contributed by atoms with van der Waals surface area (Å²) < 4.78 is 0. The smallest absolute Gasteiger partial charge is 0.311 e. The van der Waals surface area contributed by atoms with Gasteiger partial charge in [0.25, 0.3) is 0 Å². The van der Waals surface area contributed by atoms with E-state index in [9.17, 15) is 10.1 Å². The van der Waals surface area contributed by atoms with Crippen LogP contribution in [0.5, 0.6) is 0 Å². The molecule has 0 aliphatic carbocycles. The van der Waals surface area contributed by atoms with Gasteiger partial charge in [0, 0.05) is 36.8 Å². The van der Waals surface area contributed by atoms with E-state index in [1.165, 1.54) is 6.07 Å². The lowest BCUT2D eigenvalue weighted by atomic mass is 10.1. The minimum Gasteiger partial charge on any atom is -0.365 e. The number of hydrogen-bond acceptors (Lipinski definition) is 5. The predicted octanol–water partition coefficient (Wildman–Crippen LogP) is 2.48. The second kappa shape index (κ2) is 5.22. The monoisotopic (exact) mass is 244 g/mol. The van der Waals surface area contributed by atoms with Crippen LogP contribution in [0.3, 0.4) is 0 Å². The van der Waals surface area contributed by atoms with E-state index in [2.05, 4.69) is 15.3 Å². The lowest BCUT2D eigenvalue weighted by Crippen LogP contribution is -2.03. The number of anilines is 1. The van der Waals surface area contributed by atoms with E-state index in [1.807, 2.05) is 6.92 Å². The highest BCUT2D eigenvalue weighted by Gasteiger charge is 2.16. The molecule has 6 heteroatoms. The van der Waals surface area contributed by atoms with Crippen molar-refractivity contribution in [2.45, 2.75) is 6.92 Å². The molecule has 0 aliphatic heterocycles. The maximum Gasteiger partial charge on any atom is 0.311 e. The lowest BCUT2D eigenvalue weighted by molar-refractivity contribution is -0.384. The summed E-state index contributed by atoms with van der Waals surface area (Å²) in [5.74, 6) is 0.292. The molecule has 2 heterocycles. The third-order valence-electron chi connectivity index (χ3n) is 2.42. The summed E-state index contributed by atoms with van der Waals surface area (Å²) in [5.41, 5.74) is 1.53. The molecule has 0 fully saturated rings. The molecule has 0 spiro atoms. The third-order valence-corrected chi connectivity index (χ3v) is 2.42. The van der Waals surface area contributed by atoms with E-state index in [0.717, 1.165) is 5.56 Å².